The maximum atomic E-state index is 11.8. The summed E-state index contributed by atoms with van der Waals surface area (Å²) >= 11 is 0. The van der Waals surface area contributed by atoms with E-state index in [1.54, 1.807) is 12.1 Å². The zero-order valence-electron chi connectivity index (χ0n) is 9.92. The summed E-state index contributed by atoms with van der Waals surface area (Å²) in [7, 11) is 0. The summed E-state index contributed by atoms with van der Waals surface area (Å²) < 4.78 is 33.4. The molecule has 0 aliphatic heterocycles. The molecule has 5 nitrogen and oxygen atoms in total. The first-order valence-corrected chi connectivity index (χ1v) is 5.63. The van der Waals surface area contributed by atoms with Crippen molar-refractivity contribution >= 4 is 0 Å². The molecule has 2 aromatic rings. The molecule has 0 amide bonds. The van der Waals surface area contributed by atoms with Gasteiger partial charge in [-0.05, 0) is 18.2 Å². The van der Waals surface area contributed by atoms with Gasteiger partial charge in [0.15, 0.2) is 5.82 Å². The molecule has 2 rings (SSSR count). The van der Waals surface area contributed by atoms with Crippen LogP contribution in [0.5, 0.6) is 5.75 Å². The number of halogens is 2. The molecule has 0 aliphatic carbocycles. The fraction of sp³-hybridized carbons (Fsp3) is 0.333. The summed E-state index contributed by atoms with van der Waals surface area (Å²) in [5.74, 6) is 0.727. The van der Waals surface area contributed by atoms with Crippen LogP contribution in [0.1, 0.15) is 5.82 Å². The second kappa shape index (κ2) is 6.24. The molecule has 19 heavy (non-hydrogen) atoms. The van der Waals surface area contributed by atoms with Gasteiger partial charge in [0.2, 0.25) is 0 Å². The Labute approximate surface area is 107 Å². The van der Waals surface area contributed by atoms with E-state index in [1.165, 1.54) is 12.1 Å². The molecule has 7 heteroatoms. The number of hydrogen-bond acceptors (Lipinski definition) is 5. The first-order chi connectivity index (χ1) is 9.15. The number of rotatable bonds is 6. The zero-order chi connectivity index (χ0) is 13.7. The zero-order valence-corrected chi connectivity index (χ0v) is 9.92. The number of hydrogen-bond donors (Lipinski definition) is 1. The van der Waals surface area contributed by atoms with Gasteiger partial charge in [-0.1, -0.05) is 11.2 Å². The highest BCUT2D eigenvalue weighted by atomic mass is 19.3. The maximum Gasteiger partial charge on any atom is 0.261 e. The second-order valence-electron chi connectivity index (χ2n) is 3.78. The molecule has 0 saturated carbocycles. The Balaban J connectivity index is 1.92. The molecule has 0 fully saturated rings. The first-order valence-electron chi connectivity index (χ1n) is 5.63. The topological polar surface area (TPSA) is 68.4 Å². The molecule has 102 valence electrons. The molecule has 0 unspecified atom stereocenters. The number of ether oxygens (including phenoxy) is 1. The molecule has 1 N–H and O–H groups in total. The monoisotopic (exact) mass is 270 g/mol. The molecular weight excluding hydrogens is 258 g/mol. The van der Waals surface area contributed by atoms with E-state index in [4.69, 9.17) is 9.26 Å². The van der Waals surface area contributed by atoms with Crippen molar-refractivity contribution in [1.29, 1.82) is 0 Å². The highest BCUT2D eigenvalue weighted by molar-refractivity contribution is 5.55. The first kappa shape index (κ1) is 13.4. The number of phenols is 1. The Hall–Kier alpha value is -2.02. The van der Waals surface area contributed by atoms with Gasteiger partial charge in [0.1, 0.15) is 12.4 Å². The summed E-state index contributed by atoms with van der Waals surface area (Å²) in [6.07, 6.45) is -2.19. The normalized spacial score (nSPS) is 11.1. The summed E-state index contributed by atoms with van der Waals surface area (Å²) in [6.45, 7) is -0.499. The van der Waals surface area contributed by atoms with Crippen LogP contribution in [0.2, 0.25) is 0 Å². The van der Waals surface area contributed by atoms with E-state index in [2.05, 4.69) is 10.1 Å². The predicted molar refractivity (Wildman–Crippen MR) is 61.9 cm³/mol. The minimum atomic E-state index is -2.48. The lowest BCUT2D eigenvalue weighted by atomic mass is 10.2. The van der Waals surface area contributed by atoms with Crippen molar-refractivity contribution in [2.45, 2.75) is 12.8 Å². The number of aromatic hydroxyl groups is 1. The summed E-state index contributed by atoms with van der Waals surface area (Å²) in [5.41, 5.74) is 0.590. The maximum absolute atomic E-state index is 11.8. The minimum Gasteiger partial charge on any atom is -0.508 e. The highest BCUT2D eigenvalue weighted by Gasteiger charge is 2.09. The Bertz CT molecular complexity index is 531. The van der Waals surface area contributed by atoms with E-state index in [0.29, 0.717) is 11.4 Å². The lowest BCUT2D eigenvalue weighted by Gasteiger charge is -1.99. The molecule has 0 saturated heterocycles. The number of aromatic nitrogens is 2. The molecule has 1 aromatic carbocycles. The van der Waals surface area contributed by atoms with Crippen LogP contribution >= 0.6 is 0 Å². The standard InChI is InChI=1S/C12H12F2N2O3/c13-10(14)7-18-5-4-11-15-12(19-16-11)8-2-1-3-9(17)6-8/h1-3,6,10,17H,4-5,7H2. The van der Waals surface area contributed by atoms with Crippen LogP contribution in [0.25, 0.3) is 11.5 Å². The van der Waals surface area contributed by atoms with Gasteiger partial charge < -0.3 is 14.4 Å². The SMILES string of the molecule is Oc1cccc(-c2nc(CCOCC(F)F)no2)c1. The van der Waals surface area contributed by atoms with Crippen LogP contribution in [-0.4, -0.2) is 34.9 Å². The minimum absolute atomic E-state index is 0.0949. The number of alkyl halides is 2. The highest BCUT2D eigenvalue weighted by Crippen LogP contribution is 2.21. The van der Waals surface area contributed by atoms with Crippen molar-refractivity contribution < 1.29 is 23.1 Å². The van der Waals surface area contributed by atoms with Gasteiger partial charge in [-0.2, -0.15) is 4.98 Å². The van der Waals surface area contributed by atoms with Gasteiger partial charge >= 0.3 is 0 Å². The molecule has 0 spiro atoms. The van der Waals surface area contributed by atoms with E-state index in [-0.39, 0.29) is 24.7 Å². The van der Waals surface area contributed by atoms with Crippen molar-refractivity contribution in [3.05, 3.63) is 30.1 Å². The number of nitrogens with zero attached hydrogens (tertiary/aromatic N) is 2. The largest absolute Gasteiger partial charge is 0.508 e. The number of phenolic OH excluding ortho intramolecular Hbond substituents is 1. The fourth-order valence-corrected chi connectivity index (χ4v) is 1.45. The Morgan fingerprint density at radius 3 is 2.95 bits per heavy atom. The third-order valence-electron chi connectivity index (χ3n) is 2.28. The van der Waals surface area contributed by atoms with Crippen molar-refractivity contribution in [1.82, 2.24) is 10.1 Å². The average molecular weight is 270 g/mol. The van der Waals surface area contributed by atoms with E-state index in [9.17, 15) is 13.9 Å². The van der Waals surface area contributed by atoms with Gasteiger partial charge in [0.05, 0.1) is 6.61 Å². The third kappa shape index (κ3) is 3.99. The van der Waals surface area contributed by atoms with Crippen LogP contribution in [0.15, 0.2) is 28.8 Å². The van der Waals surface area contributed by atoms with Gasteiger partial charge in [0.25, 0.3) is 12.3 Å². The quantitative estimate of drug-likeness (QED) is 0.815. The molecular formula is C12H12F2N2O3. The van der Waals surface area contributed by atoms with Gasteiger partial charge in [-0.3, -0.25) is 0 Å². The van der Waals surface area contributed by atoms with Crippen LogP contribution in [-0.2, 0) is 11.2 Å². The fourth-order valence-electron chi connectivity index (χ4n) is 1.45. The van der Waals surface area contributed by atoms with Gasteiger partial charge in [-0.15, -0.1) is 0 Å². The Kier molecular flexibility index (Phi) is 4.40. The molecule has 0 radical (unpaired) electrons. The van der Waals surface area contributed by atoms with E-state index in [0.717, 1.165) is 0 Å². The predicted octanol–water partition coefficient (Wildman–Crippen LogP) is 2.27. The molecule has 0 atom stereocenters. The second-order valence-corrected chi connectivity index (χ2v) is 3.78. The Morgan fingerprint density at radius 1 is 1.37 bits per heavy atom. The smallest absolute Gasteiger partial charge is 0.261 e. The van der Waals surface area contributed by atoms with Crippen molar-refractivity contribution in [3.8, 4) is 17.2 Å². The van der Waals surface area contributed by atoms with E-state index in [1.807, 2.05) is 0 Å². The van der Waals surface area contributed by atoms with E-state index < -0.39 is 13.0 Å². The summed E-state index contributed by atoms with van der Waals surface area (Å²) in [5, 5.41) is 13.0. The lowest BCUT2D eigenvalue weighted by Crippen LogP contribution is -2.07. The van der Waals surface area contributed by atoms with E-state index >= 15 is 0 Å². The Morgan fingerprint density at radius 2 is 2.21 bits per heavy atom. The average Bonchev–Trinajstić information content (AvgIpc) is 2.83. The molecule has 1 heterocycles. The summed E-state index contributed by atoms with van der Waals surface area (Å²) in [4.78, 5) is 4.08. The number of benzene rings is 1. The van der Waals surface area contributed by atoms with Crippen molar-refractivity contribution in [3.63, 3.8) is 0 Å². The van der Waals surface area contributed by atoms with Gasteiger partial charge in [-0.25, -0.2) is 8.78 Å². The van der Waals surface area contributed by atoms with Crippen molar-refractivity contribution in [2.75, 3.05) is 13.2 Å². The molecule has 1 aromatic heterocycles. The van der Waals surface area contributed by atoms with Crippen LogP contribution in [0.4, 0.5) is 8.78 Å². The lowest BCUT2D eigenvalue weighted by molar-refractivity contribution is 0.0182. The van der Waals surface area contributed by atoms with Crippen molar-refractivity contribution in [2.24, 2.45) is 0 Å². The molecule has 0 bridgehead atoms. The van der Waals surface area contributed by atoms with Crippen LogP contribution < -0.4 is 0 Å². The summed E-state index contributed by atoms with van der Waals surface area (Å²) in [6, 6.07) is 6.38. The third-order valence-corrected chi connectivity index (χ3v) is 2.28. The van der Waals surface area contributed by atoms with Crippen LogP contribution in [0.3, 0.4) is 0 Å². The van der Waals surface area contributed by atoms with Crippen LogP contribution in [0, 0.1) is 0 Å². The molecule has 0 aliphatic rings. The van der Waals surface area contributed by atoms with Gasteiger partial charge in [0, 0.05) is 12.0 Å².